The molecule has 6 atom stereocenters. The highest BCUT2D eigenvalue weighted by atomic mass is 16.5. The second-order valence-electron chi connectivity index (χ2n) is 11.0. The lowest BCUT2D eigenvalue weighted by atomic mass is 9.47. The number of imide groups is 1. The van der Waals surface area contributed by atoms with E-state index in [1.165, 1.54) is 32.4 Å². The van der Waals surface area contributed by atoms with E-state index in [0.717, 1.165) is 10.5 Å². The third-order valence-corrected chi connectivity index (χ3v) is 9.10. The Morgan fingerprint density at radius 3 is 2.31 bits per heavy atom. The van der Waals surface area contributed by atoms with Gasteiger partial charge in [-0.25, -0.2) is 0 Å². The molecular weight excluding hydrogens is 506 g/mol. The molecule has 10 heteroatoms. The first-order valence-corrected chi connectivity index (χ1v) is 12.9. The number of aliphatic carboxylic acids is 1. The number of hydrogen-bond acceptors (Lipinski definition) is 8. The lowest BCUT2D eigenvalue weighted by Crippen LogP contribution is -2.55. The van der Waals surface area contributed by atoms with Crippen LogP contribution in [0.3, 0.4) is 0 Å². The monoisotopic (exact) mass is 537 g/mol. The molecule has 0 radical (unpaired) electrons. The number of phenolic OH excluding ortho intramolecular Hbond substituents is 1. The van der Waals surface area contributed by atoms with Crippen LogP contribution in [0.5, 0.6) is 17.2 Å². The molecule has 1 aromatic rings. The number of hydrogen-bond donors (Lipinski definition) is 2. The van der Waals surface area contributed by atoms with Crippen LogP contribution < -0.4 is 9.47 Å². The lowest BCUT2D eigenvalue weighted by Gasteiger charge is -2.54. The fraction of sp³-hybridized carbons (Fsp3) is 0.483. The summed E-state index contributed by atoms with van der Waals surface area (Å²) in [6.07, 6.45) is 3.32. The van der Waals surface area contributed by atoms with Crippen LogP contribution in [0.15, 0.2) is 35.4 Å². The molecule has 0 spiro atoms. The number of Topliss-reactive ketones (excluding diaryl/α,β-unsaturated/α-hetero) is 1. The Morgan fingerprint density at radius 1 is 1.08 bits per heavy atom. The van der Waals surface area contributed by atoms with Crippen molar-refractivity contribution in [2.75, 3.05) is 20.8 Å². The number of ether oxygens (including phenoxy) is 2. The van der Waals surface area contributed by atoms with Gasteiger partial charge in [0.1, 0.15) is 17.2 Å². The maximum atomic E-state index is 13.9. The van der Waals surface area contributed by atoms with Crippen molar-refractivity contribution in [1.82, 2.24) is 4.90 Å². The van der Waals surface area contributed by atoms with Crippen molar-refractivity contribution < 1.29 is 43.7 Å². The number of methoxy groups -OCH3 is 2. The smallest absolute Gasteiger partial charge is 0.305 e. The average Bonchev–Trinajstić information content (AvgIpc) is 3.14. The number of carboxylic acid groups (broad SMARTS) is 1. The number of nitrogens with zero attached hydrogens (tertiary/aromatic N) is 1. The Morgan fingerprint density at radius 2 is 1.72 bits per heavy atom. The summed E-state index contributed by atoms with van der Waals surface area (Å²) in [6, 6.07) is 2.84. The van der Waals surface area contributed by atoms with Gasteiger partial charge in [-0.05, 0) is 37.3 Å². The minimum Gasteiger partial charge on any atom is -0.508 e. The summed E-state index contributed by atoms with van der Waals surface area (Å²) >= 11 is 0. The Balaban J connectivity index is 1.71. The van der Waals surface area contributed by atoms with Crippen LogP contribution in [0.1, 0.15) is 44.6 Å². The largest absolute Gasteiger partial charge is 0.508 e. The molecule has 1 saturated heterocycles. The van der Waals surface area contributed by atoms with Crippen molar-refractivity contribution in [2.24, 2.45) is 29.1 Å². The van der Waals surface area contributed by atoms with E-state index in [0.29, 0.717) is 11.1 Å². The summed E-state index contributed by atoms with van der Waals surface area (Å²) in [5.41, 5.74) is 0.321. The van der Waals surface area contributed by atoms with Gasteiger partial charge >= 0.3 is 5.97 Å². The lowest BCUT2D eigenvalue weighted by molar-refractivity contribution is -0.143. The zero-order chi connectivity index (χ0) is 28.4. The van der Waals surface area contributed by atoms with Gasteiger partial charge in [-0.2, -0.15) is 0 Å². The number of likely N-dealkylation sites (tertiary alicyclic amines) is 1. The van der Waals surface area contributed by atoms with Crippen molar-refractivity contribution in [3.05, 3.63) is 41.0 Å². The van der Waals surface area contributed by atoms with Crippen molar-refractivity contribution in [3.8, 4) is 17.2 Å². The molecule has 1 aliphatic heterocycles. The fourth-order valence-corrected chi connectivity index (χ4v) is 7.41. The summed E-state index contributed by atoms with van der Waals surface area (Å²) in [5.74, 6) is -5.47. The fourth-order valence-electron chi connectivity index (χ4n) is 7.41. The first kappa shape index (κ1) is 26.6. The van der Waals surface area contributed by atoms with E-state index in [2.05, 4.69) is 0 Å². The average molecular weight is 538 g/mol. The maximum Gasteiger partial charge on any atom is 0.305 e. The summed E-state index contributed by atoms with van der Waals surface area (Å²) in [5, 5.41) is 19.4. The summed E-state index contributed by atoms with van der Waals surface area (Å²) in [6.45, 7) is 3.15. The second kappa shape index (κ2) is 9.36. The number of carboxylic acids is 1. The topological polar surface area (TPSA) is 148 Å². The number of carbonyl (C=O) groups excluding carboxylic acids is 4. The van der Waals surface area contributed by atoms with E-state index >= 15 is 0 Å². The van der Waals surface area contributed by atoms with Gasteiger partial charge in [-0.3, -0.25) is 28.9 Å². The number of benzene rings is 1. The number of carbonyl (C=O) groups is 5. The van der Waals surface area contributed by atoms with Crippen LogP contribution in [0.2, 0.25) is 0 Å². The molecule has 39 heavy (non-hydrogen) atoms. The molecule has 1 aromatic carbocycles. The second-order valence-corrected chi connectivity index (χ2v) is 11.0. The molecule has 3 aliphatic carbocycles. The Bertz CT molecular complexity index is 1350. The molecule has 5 rings (SSSR count). The first-order chi connectivity index (χ1) is 18.4. The van der Waals surface area contributed by atoms with Crippen LogP contribution in [0.25, 0.3) is 0 Å². The van der Waals surface area contributed by atoms with E-state index in [1.807, 2.05) is 6.08 Å². The van der Waals surface area contributed by atoms with E-state index < -0.39 is 52.8 Å². The van der Waals surface area contributed by atoms with Crippen LogP contribution in [-0.4, -0.2) is 65.2 Å². The third-order valence-electron chi connectivity index (χ3n) is 9.10. The van der Waals surface area contributed by atoms with Gasteiger partial charge in [0.05, 0.1) is 37.9 Å². The van der Waals surface area contributed by atoms with Crippen molar-refractivity contribution in [3.63, 3.8) is 0 Å². The molecule has 0 bridgehead atoms. The zero-order valence-corrected chi connectivity index (χ0v) is 22.2. The molecule has 206 valence electrons. The van der Waals surface area contributed by atoms with Gasteiger partial charge in [-0.15, -0.1) is 0 Å². The quantitative estimate of drug-likeness (QED) is 0.413. The SMILES string of the molecule is COc1cc(O)cc(OC)c1[C@H]1C2=CC[C@@H]3C(=O)N(CCC(=O)O)C(=O)[C@@H]3[C@@H]2C[C@H]2C(=O)C=C(C)C(=O)[C@@]12C. The number of phenols is 1. The van der Waals surface area contributed by atoms with Crippen molar-refractivity contribution >= 4 is 29.4 Å². The van der Waals surface area contributed by atoms with Gasteiger partial charge < -0.3 is 19.7 Å². The number of amides is 2. The molecule has 4 aliphatic rings. The predicted octanol–water partition coefficient (Wildman–Crippen LogP) is 2.64. The minimum atomic E-state index is -1.24. The Kier molecular flexibility index (Phi) is 6.39. The Hall–Kier alpha value is -3.95. The van der Waals surface area contributed by atoms with Crippen molar-refractivity contribution in [1.29, 1.82) is 0 Å². The van der Waals surface area contributed by atoms with Gasteiger partial charge in [0.2, 0.25) is 11.8 Å². The number of ketones is 2. The van der Waals surface area contributed by atoms with Crippen LogP contribution in [0.4, 0.5) is 0 Å². The van der Waals surface area contributed by atoms with Gasteiger partial charge in [0.25, 0.3) is 0 Å². The summed E-state index contributed by atoms with van der Waals surface area (Å²) < 4.78 is 11.3. The third kappa shape index (κ3) is 3.79. The van der Waals surface area contributed by atoms with E-state index in [9.17, 15) is 29.1 Å². The van der Waals surface area contributed by atoms with Crippen LogP contribution in [0, 0.1) is 29.1 Å². The highest BCUT2D eigenvalue weighted by Crippen LogP contribution is 2.64. The van der Waals surface area contributed by atoms with E-state index in [4.69, 9.17) is 14.6 Å². The first-order valence-electron chi connectivity index (χ1n) is 12.9. The Labute approximate surface area is 225 Å². The molecule has 0 aromatic heterocycles. The maximum absolute atomic E-state index is 13.9. The molecule has 2 N–H and O–H groups in total. The molecule has 1 heterocycles. The summed E-state index contributed by atoms with van der Waals surface area (Å²) in [4.78, 5) is 66.5. The number of allylic oxidation sites excluding steroid dienone is 4. The van der Waals surface area contributed by atoms with Gasteiger partial charge in [-0.1, -0.05) is 18.6 Å². The molecule has 0 unspecified atom stereocenters. The normalized spacial score (nSPS) is 31.7. The minimum absolute atomic E-state index is 0.105. The number of rotatable bonds is 6. The van der Waals surface area contributed by atoms with Gasteiger partial charge in [0.15, 0.2) is 11.6 Å². The molecule has 10 nitrogen and oxygen atoms in total. The number of aromatic hydroxyl groups is 1. The molecule has 2 fully saturated rings. The van der Waals surface area contributed by atoms with E-state index in [-0.39, 0.29) is 54.6 Å². The standard InChI is InChI=1S/C29H31NO9/c1-13-9-19(32)18-12-17-15(5-6-16-23(17)28(37)30(27(16)36)8-7-22(33)34)25(29(18,2)26(13)35)24-20(38-3)10-14(31)11-21(24)39-4/h5,9-11,16-18,23,25,31H,6-8,12H2,1-4H3,(H,33,34)/t16-,17+,18-,23-,25+,29+/m0/s1. The highest BCUT2D eigenvalue weighted by molar-refractivity contribution is 6.13. The van der Waals surface area contributed by atoms with Crippen molar-refractivity contribution in [2.45, 2.75) is 39.0 Å². The predicted molar refractivity (Wildman–Crippen MR) is 136 cm³/mol. The highest BCUT2D eigenvalue weighted by Gasteiger charge is 2.64. The molecular formula is C29H31NO9. The molecule has 1 saturated carbocycles. The van der Waals surface area contributed by atoms with Crippen LogP contribution in [-0.2, 0) is 24.0 Å². The summed E-state index contributed by atoms with van der Waals surface area (Å²) in [7, 11) is 2.86. The van der Waals surface area contributed by atoms with Gasteiger partial charge in [0, 0.05) is 36.1 Å². The number of fused-ring (bicyclic) bond motifs is 4. The van der Waals surface area contributed by atoms with Crippen LogP contribution >= 0.6 is 0 Å². The molecule has 2 amide bonds. The zero-order valence-electron chi connectivity index (χ0n) is 22.2. The van der Waals surface area contributed by atoms with E-state index in [1.54, 1.807) is 13.8 Å².